The number of carbonyl (C=O) groups excluding carboxylic acids is 1. The van der Waals surface area contributed by atoms with Gasteiger partial charge in [0.15, 0.2) is 5.58 Å². The van der Waals surface area contributed by atoms with Gasteiger partial charge in [-0.05, 0) is 67.2 Å². The lowest BCUT2D eigenvalue weighted by molar-refractivity contribution is -0.145. The Morgan fingerprint density at radius 1 is 1.26 bits per heavy atom. The molecule has 0 saturated heterocycles. The Hall–Kier alpha value is -2.95. The van der Waals surface area contributed by atoms with Crippen LogP contribution >= 0.6 is 0 Å². The minimum atomic E-state index is -0.977. The molecule has 0 fully saturated rings. The molecule has 2 aromatic carbocycles. The summed E-state index contributed by atoms with van der Waals surface area (Å²) in [6, 6.07) is 10.7. The Kier molecular flexibility index (Phi) is 4.10. The van der Waals surface area contributed by atoms with Crippen LogP contribution in [0.1, 0.15) is 35.2 Å². The van der Waals surface area contributed by atoms with Gasteiger partial charge in [-0.3, -0.25) is 4.79 Å². The summed E-state index contributed by atoms with van der Waals surface area (Å²) in [5.41, 5.74) is 3.76. The van der Waals surface area contributed by atoms with E-state index in [4.69, 9.17) is 9.26 Å². The van der Waals surface area contributed by atoms with E-state index < -0.39 is 5.41 Å². The van der Waals surface area contributed by atoms with Gasteiger partial charge in [0, 0.05) is 5.39 Å². The van der Waals surface area contributed by atoms with E-state index in [0.29, 0.717) is 24.0 Å². The number of nitrogens with zero attached hydrogens (tertiary/aromatic N) is 1. The lowest BCUT2D eigenvalue weighted by Gasteiger charge is -2.26. The molecule has 1 aromatic heterocycles. The number of esters is 1. The van der Waals surface area contributed by atoms with Gasteiger partial charge in [0.25, 0.3) is 0 Å². The van der Waals surface area contributed by atoms with Gasteiger partial charge in [-0.25, -0.2) is 4.39 Å². The third kappa shape index (κ3) is 2.65. The molecule has 0 N–H and O–H groups in total. The van der Waals surface area contributed by atoms with E-state index in [0.717, 1.165) is 27.8 Å². The molecule has 0 amide bonds. The molecular formula is C22H20FNO3. The SMILES string of the molecule is COC(=O)C1(c2cccc(F)c2C)C=C(c2ccc3onc(C)c3c2)CC1. The van der Waals surface area contributed by atoms with Gasteiger partial charge in [-0.1, -0.05) is 29.4 Å². The third-order valence-electron chi connectivity index (χ3n) is 5.53. The Morgan fingerprint density at radius 3 is 2.85 bits per heavy atom. The lowest BCUT2D eigenvalue weighted by Crippen LogP contribution is -2.34. The molecular weight excluding hydrogens is 345 g/mol. The highest BCUT2D eigenvalue weighted by atomic mass is 19.1. The molecule has 1 heterocycles. The molecule has 1 aliphatic rings. The maximum Gasteiger partial charge on any atom is 0.320 e. The molecule has 4 rings (SSSR count). The molecule has 0 aliphatic heterocycles. The number of rotatable bonds is 3. The summed E-state index contributed by atoms with van der Waals surface area (Å²) < 4.78 is 24.6. The topological polar surface area (TPSA) is 52.3 Å². The number of benzene rings is 2. The van der Waals surface area contributed by atoms with E-state index in [-0.39, 0.29) is 11.8 Å². The second kappa shape index (κ2) is 6.34. The highest BCUT2D eigenvalue weighted by Gasteiger charge is 2.44. The number of ether oxygens (including phenoxy) is 1. The summed E-state index contributed by atoms with van der Waals surface area (Å²) in [6.45, 7) is 3.60. The first-order chi connectivity index (χ1) is 13.0. The number of hydrogen-bond donors (Lipinski definition) is 0. The average molecular weight is 365 g/mol. The van der Waals surface area contributed by atoms with Crippen molar-refractivity contribution in [3.05, 3.63) is 70.7 Å². The number of allylic oxidation sites excluding steroid dienone is 1. The molecule has 3 aromatic rings. The Bertz CT molecular complexity index is 1080. The molecule has 4 nitrogen and oxygen atoms in total. The fourth-order valence-corrected chi connectivity index (χ4v) is 4.02. The largest absolute Gasteiger partial charge is 0.468 e. The quantitative estimate of drug-likeness (QED) is 0.621. The number of methoxy groups -OCH3 is 1. The normalized spacial score (nSPS) is 19.3. The van der Waals surface area contributed by atoms with Crippen molar-refractivity contribution in [3.63, 3.8) is 0 Å². The minimum absolute atomic E-state index is 0.320. The van der Waals surface area contributed by atoms with Gasteiger partial charge < -0.3 is 9.26 Å². The van der Waals surface area contributed by atoms with Crippen LogP contribution in [-0.4, -0.2) is 18.2 Å². The van der Waals surface area contributed by atoms with Gasteiger partial charge in [0.1, 0.15) is 11.2 Å². The van der Waals surface area contributed by atoms with Crippen molar-refractivity contribution in [2.24, 2.45) is 0 Å². The van der Waals surface area contributed by atoms with Crippen molar-refractivity contribution in [2.45, 2.75) is 32.1 Å². The Balaban J connectivity index is 1.86. The molecule has 0 radical (unpaired) electrons. The van der Waals surface area contributed by atoms with Crippen LogP contribution in [-0.2, 0) is 14.9 Å². The van der Waals surface area contributed by atoms with Gasteiger partial charge >= 0.3 is 5.97 Å². The van der Waals surface area contributed by atoms with Crippen LogP contribution in [0, 0.1) is 19.7 Å². The fourth-order valence-electron chi connectivity index (χ4n) is 4.02. The van der Waals surface area contributed by atoms with E-state index in [2.05, 4.69) is 5.16 Å². The van der Waals surface area contributed by atoms with Gasteiger partial charge in [0.2, 0.25) is 0 Å². The first-order valence-electron chi connectivity index (χ1n) is 8.88. The summed E-state index contributed by atoms with van der Waals surface area (Å²) in [7, 11) is 1.37. The van der Waals surface area contributed by atoms with Crippen molar-refractivity contribution >= 4 is 22.5 Å². The zero-order chi connectivity index (χ0) is 19.2. The fraction of sp³-hybridized carbons (Fsp3) is 0.273. The highest BCUT2D eigenvalue weighted by molar-refractivity contribution is 5.92. The summed E-state index contributed by atoms with van der Waals surface area (Å²) in [6.07, 6.45) is 3.17. The predicted octanol–water partition coefficient (Wildman–Crippen LogP) is 4.87. The molecule has 5 heteroatoms. The van der Waals surface area contributed by atoms with Crippen LogP contribution in [0.3, 0.4) is 0 Å². The van der Waals surface area contributed by atoms with Crippen LogP contribution in [0.25, 0.3) is 16.5 Å². The minimum Gasteiger partial charge on any atom is -0.468 e. The third-order valence-corrected chi connectivity index (χ3v) is 5.53. The summed E-state index contributed by atoms with van der Waals surface area (Å²) in [5, 5.41) is 4.94. The second-order valence-corrected chi connectivity index (χ2v) is 7.02. The maximum atomic E-state index is 14.2. The highest BCUT2D eigenvalue weighted by Crippen LogP contribution is 2.45. The van der Waals surface area contributed by atoms with E-state index in [9.17, 15) is 9.18 Å². The van der Waals surface area contributed by atoms with Crippen LogP contribution < -0.4 is 0 Å². The number of halogens is 1. The van der Waals surface area contributed by atoms with Crippen molar-refractivity contribution in [1.29, 1.82) is 0 Å². The zero-order valence-electron chi connectivity index (χ0n) is 15.5. The van der Waals surface area contributed by atoms with Gasteiger partial charge in [-0.2, -0.15) is 0 Å². The monoisotopic (exact) mass is 365 g/mol. The van der Waals surface area contributed by atoms with E-state index >= 15 is 0 Å². The van der Waals surface area contributed by atoms with Crippen molar-refractivity contribution < 1.29 is 18.4 Å². The van der Waals surface area contributed by atoms with Crippen LogP contribution in [0.15, 0.2) is 47.0 Å². The lowest BCUT2D eigenvalue weighted by atomic mass is 9.77. The molecule has 0 bridgehead atoms. The number of fused-ring (bicyclic) bond motifs is 1. The average Bonchev–Trinajstić information content (AvgIpc) is 3.28. The second-order valence-electron chi connectivity index (χ2n) is 7.02. The molecule has 1 unspecified atom stereocenters. The molecule has 0 spiro atoms. The first kappa shape index (κ1) is 17.5. The first-order valence-corrected chi connectivity index (χ1v) is 8.88. The zero-order valence-corrected chi connectivity index (χ0v) is 15.5. The Labute approximate surface area is 156 Å². The summed E-state index contributed by atoms with van der Waals surface area (Å²) in [4.78, 5) is 12.8. The van der Waals surface area contributed by atoms with Crippen LogP contribution in [0.4, 0.5) is 4.39 Å². The molecule has 138 valence electrons. The Morgan fingerprint density at radius 2 is 2.07 bits per heavy atom. The van der Waals surface area contributed by atoms with E-state index in [1.165, 1.54) is 13.2 Å². The van der Waals surface area contributed by atoms with Gasteiger partial charge in [-0.15, -0.1) is 0 Å². The van der Waals surface area contributed by atoms with Crippen molar-refractivity contribution in [1.82, 2.24) is 5.16 Å². The molecule has 1 atom stereocenters. The van der Waals surface area contributed by atoms with E-state index in [1.807, 2.05) is 37.3 Å². The smallest absolute Gasteiger partial charge is 0.320 e. The number of carbonyl (C=O) groups is 1. The van der Waals surface area contributed by atoms with E-state index in [1.54, 1.807) is 13.0 Å². The predicted molar refractivity (Wildman–Crippen MR) is 101 cm³/mol. The number of aryl methyl sites for hydroxylation is 1. The number of hydrogen-bond acceptors (Lipinski definition) is 4. The summed E-state index contributed by atoms with van der Waals surface area (Å²) >= 11 is 0. The maximum absolute atomic E-state index is 14.2. The number of aromatic nitrogens is 1. The van der Waals surface area contributed by atoms with Crippen molar-refractivity contribution in [2.75, 3.05) is 7.11 Å². The molecule has 1 aliphatic carbocycles. The standard InChI is InChI=1S/C22H20FNO3/c1-13-18(5-4-6-19(13)23)22(21(25)26-3)10-9-16(12-22)15-7-8-20-17(11-15)14(2)24-27-20/h4-8,11-12H,9-10H2,1-3H3. The van der Waals surface area contributed by atoms with Gasteiger partial charge in [0.05, 0.1) is 12.8 Å². The molecule has 27 heavy (non-hydrogen) atoms. The van der Waals surface area contributed by atoms with Crippen molar-refractivity contribution in [3.8, 4) is 0 Å². The van der Waals surface area contributed by atoms with Crippen LogP contribution in [0.2, 0.25) is 0 Å². The van der Waals surface area contributed by atoms with Crippen LogP contribution in [0.5, 0.6) is 0 Å². The molecule has 0 saturated carbocycles. The summed E-state index contributed by atoms with van der Waals surface area (Å²) in [5.74, 6) is -0.687.